The van der Waals surface area contributed by atoms with Crippen molar-refractivity contribution in [2.45, 2.75) is 13.1 Å². The quantitative estimate of drug-likeness (QED) is 0.736. The summed E-state index contributed by atoms with van der Waals surface area (Å²) < 4.78 is 0. The van der Waals surface area contributed by atoms with Gasteiger partial charge >= 0.3 is 0 Å². The number of benzene rings is 2. The van der Waals surface area contributed by atoms with Crippen molar-refractivity contribution in [3.8, 4) is 6.07 Å². The van der Waals surface area contributed by atoms with E-state index in [0.29, 0.717) is 0 Å². The minimum atomic E-state index is -1.65. The Labute approximate surface area is 103 Å². The SMILES string of the molecule is C[Si](C)(c1ccccc1)c1cccc(C#N)c1. The number of hydrogen-bond acceptors (Lipinski definition) is 1. The van der Waals surface area contributed by atoms with Gasteiger partial charge in [-0.05, 0) is 12.1 Å². The minimum Gasteiger partial charge on any atom is -0.192 e. The topological polar surface area (TPSA) is 23.8 Å². The van der Waals surface area contributed by atoms with Gasteiger partial charge in [0.2, 0.25) is 0 Å². The normalized spacial score (nSPS) is 10.9. The van der Waals surface area contributed by atoms with E-state index in [1.807, 2.05) is 24.3 Å². The van der Waals surface area contributed by atoms with Gasteiger partial charge in [-0.2, -0.15) is 5.26 Å². The van der Waals surface area contributed by atoms with Gasteiger partial charge in [0, 0.05) is 0 Å². The van der Waals surface area contributed by atoms with E-state index in [1.165, 1.54) is 10.4 Å². The maximum absolute atomic E-state index is 8.96. The number of rotatable bonds is 2. The lowest BCUT2D eigenvalue weighted by Gasteiger charge is -2.23. The van der Waals surface area contributed by atoms with E-state index in [9.17, 15) is 0 Å². The fourth-order valence-electron chi connectivity index (χ4n) is 2.00. The van der Waals surface area contributed by atoms with Gasteiger partial charge in [0.25, 0.3) is 0 Å². The lowest BCUT2D eigenvalue weighted by Crippen LogP contribution is -2.52. The van der Waals surface area contributed by atoms with E-state index < -0.39 is 8.07 Å². The van der Waals surface area contributed by atoms with E-state index in [0.717, 1.165) is 5.56 Å². The molecule has 17 heavy (non-hydrogen) atoms. The summed E-state index contributed by atoms with van der Waals surface area (Å²) >= 11 is 0. The van der Waals surface area contributed by atoms with Crippen molar-refractivity contribution in [3.05, 3.63) is 60.2 Å². The molecule has 0 aliphatic heterocycles. The Bertz CT molecular complexity index is 553. The van der Waals surface area contributed by atoms with Crippen LogP contribution >= 0.6 is 0 Å². The summed E-state index contributed by atoms with van der Waals surface area (Å²) in [7, 11) is -1.65. The highest BCUT2D eigenvalue weighted by atomic mass is 28.3. The van der Waals surface area contributed by atoms with E-state index in [1.54, 1.807) is 0 Å². The third-order valence-corrected chi connectivity index (χ3v) is 6.74. The first kappa shape index (κ1) is 11.6. The lowest BCUT2D eigenvalue weighted by molar-refractivity contribution is 1.49. The number of hydrogen-bond donors (Lipinski definition) is 0. The molecule has 0 radical (unpaired) electrons. The zero-order valence-electron chi connectivity index (χ0n) is 10.1. The maximum atomic E-state index is 8.96. The molecule has 0 unspecified atom stereocenters. The zero-order chi connectivity index (χ0) is 12.3. The second-order valence-electron chi connectivity index (χ2n) is 4.68. The standard InChI is InChI=1S/C15H15NSi/c1-17(2,14-8-4-3-5-9-14)15-10-6-7-13(11-15)12-16/h3-11H,1-2H3. The molecule has 0 amide bonds. The van der Waals surface area contributed by atoms with Crippen molar-refractivity contribution >= 4 is 18.4 Å². The molecule has 1 nitrogen and oxygen atoms in total. The highest BCUT2D eigenvalue weighted by Crippen LogP contribution is 2.06. The van der Waals surface area contributed by atoms with Crippen LogP contribution in [-0.2, 0) is 0 Å². The average molecular weight is 237 g/mol. The van der Waals surface area contributed by atoms with Crippen LogP contribution in [0.5, 0.6) is 0 Å². The molecule has 0 heterocycles. The summed E-state index contributed by atoms with van der Waals surface area (Å²) in [5, 5.41) is 11.7. The van der Waals surface area contributed by atoms with Crippen LogP contribution in [0.1, 0.15) is 5.56 Å². The molecular formula is C15H15NSi. The Morgan fingerprint density at radius 2 is 1.53 bits per heavy atom. The van der Waals surface area contributed by atoms with Gasteiger partial charge in [-0.25, -0.2) is 0 Å². The Balaban J connectivity index is 2.48. The molecule has 0 saturated carbocycles. The first-order valence-electron chi connectivity index (χ1n) is 5.71. The predicted octanol–water partition coefficient (Wildman–Crippen LogP) is 2.38. The van der Waals surface area contributed by atoms with Gasteiger partial charge < -0.3 is 0 Å². The molecule has 0 aromatic heterocycles. The summed E-state index contributed by atoms with van der Waals surface area (Å²) in [6.45, 7) is 4.64. The fourth-order valence-corrected chi connectivity index (χ4v) is 4.39. The third-order valence-electron chi connectivity index (χ3n) is 3.21. The second-order valence-corrected chi connectivity index (χ2v) is 9.09. The van der Waals surface area contributed by atoms with Crippen molar-refractivity contribution < 1.29 is 0 Å². The molecule has 0 atom stereocenters. The van der Waals surface area contributed by atoms with Crippen LogP contribution in [0.3, 0.4) is 0 Å². The Kier molecular flexibility index (Phi) is 3.12. The summed E-state index contributed by atoms with van der Waals surface area (Å²) in [6, 6.07) is 20.8. The number of nitriles is 1. The summed E-state index contributed by atoms with van der Waals surface area (Å²) in [6.07, 6.45) is 0. The van der Waals surface area contributed by atoms with E-state index in [-0.39, 0.29) is 0 Å². The Morgan fingerprint density at radius 3 is 2.18 bits per heavy atom. The molecule has 2 aromatic carbocycles. The van der Waals surface area contributed by atoms with E-state index in [2.05, 4.69) is 49.5 Å². The molecule has 0 saturated heterocycles. The second kappa shape index (κ2) is 4.56. The fraction of sp³-hybridized carbons (Fsp3) is 0.133. The van der Waals surface area contributed by atoms with Gasteiger partial charge in [0.15, 0.2) is 0 Å². The molecule has 0 fully saturated rings. The van der Waals surface area contributed by atoms with Gasteiger partial charge in [0.1, 0.15) is 8.07 Å². The molecule has 0 bridgehead atoms. The van der Waals surface area contributed by atoms with Crippen LogP contribution in [-0.4, -0.2) is 8.07 Å². The van der Waals surface area contributed by atoms with Crippen LogP contribution in [0, 0.1) is 11.3 Å². The molecule has 0 aliphatic rings. The van der Waals surface area contributed by atoms with Gasteiger partial charge in [-0.3, -0.25) is 0 Å². The van der Waals surface area contributed by atoms with Crippen molar-refractivity contribution in [1.29, 1.82) is 5.26 Å². The van der Waals surface area contributed by atoms with Gasteiger partial charge in [-0.1, -0.05) is 65.9 Å². The molecule has 0 aliphatic carbocycles. The molecule has 0 N–H and O–H groups in total. The Hall–Kier alpha value is -1.85. The first-order valence-corrected chi connectivity index (χ1v) is 8.71. The summed E-state index contributed by atoms with van der Waals surface area (Å²) in [4.78, 5) is 0. The van der Waals surface area contributed by atoms with Crippen LogP contribution in [0.25, 0.3) is 0 Å². The average Bonchev–Trinajstić information content (AvgIpc) is 2.40. The van der Waals surface area contributed by atoms with Crippen LogP contribution in [0.4, 0.5) is 0 Å². The highest BCUT2D eigenvalue weighted by Gasteiger charge is 2.25. The Morgan fingerprint density at radius 1 is 0.882 bits per heavy atom. The summed E-state index contributed by atoms with van der Waals surface area (Å²) in [5.41, 5.74) is 0.749. The first-order chi connectivity index (χ1) is 8.14. The smallest absolute Gasteiger partial charge is 0.112 e. The molecule has 2 heteroatoms. The van der Waals surface area contributed by atoms with Crippen LogP contribution in [0.2, 0.25) is 13.1 Å². The largest absolute Gasteiger partial charge is 0.192 e. The van der Waals surface area contributed by atoms with Crippen molar-refractivity contribution in [1.82, 2.24) is 0 Å². The number of nitrogens with zero attached hydrogens (tertiary/aromatic N) is 1. The van der Waals surface area contributed by atoms with Crippen molar-refractivity contribution in [2.24, 2.45) is 0 Å². The predicted molar refractivity (Wildman–Crippen MR) is 74.3 cm³/mol. The maximum Gasteiger partial charge on any atom is 0.112 e. The van der Waals surface area contributed by atoms with Crippen molar-refractivity contribution in [2.75, 3.05) is 0 Å². The molecule has 84 valence electrons. The van der Waals surface area contributed by atoms with E-state index >= 15 is 0 Å². The van der Waals surface area contributed by atoms with Gasteiger partial charge in [0.05, 0.1) is 11.6 Å². The lowest BCUT2D eigenvalue weighted by atomic mass is 10.2. The summed E-state index contributed by atoms with van der Waals surface area (Å²) in [5.74, 6) is 0. The molecular weight excluding hydrogens is 222 g/mol. The highest BCUT2D eigenvalue weighted by molar-refractivity contribution is 7.00. The minimum absolute atomic E-state index is 0.749. The van der Waals surface area contributed by atoms with Crippen LogP contribution in [0.15, 0.2) is 54.6 Å². The molecule has 2 rings (SSSR count). The molecule has 2 aromatic rings. The van der Waals surface area contributed by atoms with Crippen molar-refractivity contribution in [3.63, 3.8) is 0 Å². The van der Waals surface area contributed by atoms with Crippen LogP contribution < -0.4 is 10.4 Å². The monoisotopic (exact) mass is 237 g/mol. The van der Waals surface area contributed by atoms with E-state index in [4.69, 9.17) is 5.26 Å². The third kappa shape index (κ3) is 2.30. The molecule has 0 spiro atoms. The zero-order valence-corrected chi connectivity index (χ0v) is 11.1. The van der Waals surface area contributed by atoms with Gasteiger partial charge in [-0.15, -0.1) is 0 Å².